The number of hydrogen-bond donors (Lipinski definition) is 2. The zero-order valence-electron chi connectivity index (χ0n) is 13.2. The predicted molar refractivity (Wildman–Crippen MR) is 85.1 cm³/mol. The van der Waals surface area contributed by atoms with Crippen molar-refractivity contribution in [2.24, 2.45) is 0 Å². The van der Waals surface area contributed by atoms with Gasteiger partial charge in [-0.05, 0) is 62.9 Å². The monoisotopic (exact) mass is 294 g/mol. The molecule has 0 spiro atoms. The van der Waals surface area contributed by atoms with Gasteiger partial charge in [-0.2, -0.15) is 0 Å². The average molecular weight is 294 g/mol. The van der Waals surface area contributed by atoms with Crippen LogP contribution in [0.25, 0.3) is 0 Å². The van der Waals surface area contributed by atoms with Crippen molar-refractivity contribution >= 4 is 5.69 Å². The van der Waals surface area contributed by atoms with E-state index in [1.807, 2.05) is 13.0 Å². The summed E-state index contributed by atoms with van der Waals surface area (Å²) in [6.45, 7) is 7.39. The third kappa shape index (κ3) is 4.68. The van der Waals surface area contributed by atoms with E-state index in [0.717, 1.165) is 56.6 Å². The lowest BCUT2D eigenvalue weighted by atomic mass is 9.98. The maximum Gasteiger partial charge on any atom is 0.123 e. The highest BCUT2D eigenvalue weighted by Crippen LogP contribution is 2.28. The fraction of sp³-hybridized carbons (Fsp3) is 0.647. The first-order valence-corrected chi connectivity index (χ1v) is 7.98. The third-order valence-electron chi connectivity index (χ3n) is 4.19. The van der Waals surface area contributed by atoms with E-state index < -0.39 is 5.60 Å². The Labute approximate surface area is 127 Å². The summed E-state index contributed by atoms with van der Waals surface area (Å²) in [5.74, 6) is -0.186. The first-order valence-electron chi connectivity index (χ1n) is 7.98. The Bertz CT molecular complexity index is 462. The molecule has 1 heterocycles. The van der Waals surface area contributed by atoms with Crippen LogP contribution in [0.5, 0.6) is 0 Å². The molecule has 0 bridgehead atoms. The Balaban J connectivity index is 2.13. The van der Waals surface area contributed by atoms with Gasteiger partial charge in [-0.1, -0.05) is 6.92 Å². The van der Waals surface area contributed by atoms with Gasteiger partial charge in [0.2, 0.25) is 0 Å². The molecule has 1 atom stereocenters. The molecule has 0 amide bonds. The number of anilines is 1. The van der Waals surface area contributed by atoms with E-state index in [9.17, 15) is 9.50 Å². The molecule has 1 fully saturated rings. The Morgan fingerprint density at radius 1 is 1.33 bits per heavy atom. The van der Waals surface area contributed by atoms with Gasteiger partial charge in [0.15, 0.2) is 0 Å². The number of aliphatic hydroxyl groups is 1. The van der Waals surface area contributed by atoms with Crippen LogP contribution in [-0.2, 0) is 6.54 Å². The van der Waals surface area contributed by atoms with Gasteiger partial charge in [0.05, 0.1) is 5.60 Å². The molecule has 1 aliphatic heterocycles. The second-order valence-corrected chi connectivity index (χ2v) is 6.29. The number of nitrogens with one attached hydrogen (secondary N) is 1. The molecule has 0 aromatic heterocycles. The van der Waals surface area contributed by atoms with Gasteiger partial charge in [0, 0.05) is 25.3 Å². The molecule has 4 heteroatoms. The Hall–Kier alpha value is -1.13. The predicted octanol–water partition coefficient (Wildman–Crippen LogP) is 3.07. The van der Waals surface area contributed by atoms with Crippen molar-refractivity contribution in [1.82, 2.24) is 5.32 Å². The van der Waals surface area contributed by atoms with Crippen molar-refractivity contribution in [3.8, 4) is 0 Å². The molecule has 118 valence electrons. The number of halogens is 1. The van der Waals surface area contributed by atoms with Crippen LogP contribution in [-0.4, -0.2) is 30.3 Å². The highest BCUT2D eigenvalue weighted by molar-refractivity contribution is 5.54. The van der Waals surface area contributed by atoms with E-state index in [-0.39, 0.29) is 5.82 Å². The van der Waals surface area contributed by atoms with E-state index >= 15 is 0 Å². The molecule has 21 heavy (non-hydrogen) atoms. The minimum Gasteiger partial charge on any atom is -0.390 e. The van der Waals surface area contributed by atoms with Crippen LogP contribution in [0.15, 0.2) is 18.2 Å². The van der Waals surface area contributed by atoms with E-state index in [2.05, 4.69) is 17.1 Å². The Kier molecular flexibility index (Phi) is 5.59. The standard InChI is InChI=1S/C17H27FN2O/c1-3-9-19-13-14-12-15(18)5-6-16(14)20-10-4-7-17(2,21)8-11-20/h5-6,12,19,21H,3-4,7-11,13H2,1-2H3. The summed E-state index contributed by atoms with van der Waals surface area (Å²) in [7, 11) is 0. The molecule has 1 aliphatic rings. The van der Waals surface area contributed by atoms with E-state index in [1.54, 1.807) is 6.07 Å². The molecule has 2 N–H and O–H groups in total. The second kappa shape index (κ2) is 7.23. The van der Waals surface area contributed by atoms with Crippen molar-refractivity contribution < 1.29 is 9.50 Å². The minimum atomic E-state index is -0.574. The smallest absolute Gasteiger partial charge is 0.123 e. The van der Waals surface area contributed by atoms with Crippen LogP contribution in [0.4, 0.5) is 10.1 Å². The first kappa shape index (κ1) is 16.2. The van der Waals surface area contributed by atoms with Crippen LogP contribution in [0.2, 0.25) is 0 Å². The minimum absolute atomic E-state index is 0.186. The molecule has 1 aromatic rings. The van der Waals surface area contributed by atoms with Crippen molar-refractivity contribution in [2.45, 2.75) is 51.7 Å². The summed E-state index contributed by atoms with van der Waals surface area (Å²) in [5, 5.41) is 13.6. The summed E-state index contributed by atoms with van der Waals surface area (Å²) in [6.07, 6.45) is 3.61. The van der Waals surface area contributed by atoms with E-state index in [1.165, 1.54) is 6.07 Å². The average Bonchev–Trinajstić information content (AvgIpc) is 2.60. The first-order chi connectivity index (χ1) is 10.0. The zero-order chi connectivity index (χ0) is 15.3. The molecule has 0 aliphatic carbocycles. The molecule has 0 saturated carbocycles. The maximum absolute atomic E-state index is 13.5. The maximum atomic E-state index is 13.5. The quantitative estimate of drug-likeness (QED) is 0.819. The SMILES string of the molecule is CCCNCc1cc(F)ccc1N1CCCC(C)(O)CC1. The van der Waals surface area contributed by atoms with Crippen LogP contribution < -0.4 is 10.2 Å². The Morgan fingerprint density at radius 2 is 2.14 bits per heavy atom. The zero-order valence-corrected chi connectivity index (χ0v) is 13.2. The summed E-state index contributed by atoms with van der Waals surface area (Å²) in [6, 6.07) is 5.03. The van der Waals surface area contributed by atoms with Crippen LogP contribution in [0.1, 0.15) is 45.1 Å². The van der Waals surface area contributed by atoms with Gasteiger partial charge in [-0.25, -0.2) is 4.39 Å². The Morgan fingerprint density at radius 3 is 2.90 bits per heavy atom. The topological polar surface area (TPSA) is 35.5 Å². The summed E-state index contributed by atoms with van der Waals surface area (Å²) >= 11 is 0. The summed E-state index contributed by atoms with van der Waals surface area (Å²) in [4.78, 5) is 2.28. The largest absolute Gasteiger partial charge is 0.390 e. The number of rotatable bonds is 5. The fourth-order valence-electron chi connectivity index (χ4n) is 2.91. The second-order valence-electron chi connectivity index (χ2n) is 6.29. The lowest BCUT2D eigenvalue weighted by Gasteiger charge is -2.26. The molecule has 3 nitrogen and oxygen atoms in total. The third-order valence-corrected chi connectivity index (χ3v) is 4.19. The van der Waals surface area contributed by atoms with Gasteiger partial charge in [-0.3, -0.25) is 0 Å². The molecule has 1 saturated heterocycles. The highest BCUT2D eigenvalue weighted by atomic mass is 19.1. The van der Waals surface area contributed by atoms with E-state index in [0.29, 0.717) is 6.54 Å². The summed E-state index contributed by atoms with van der Waals surface area (Å²) < 4.78 is 13.5. The molecular formula is C17H27FN2O. The molecular weight excluding hydrogens is 267 g/mol. The molecule has 1 aromatic carbocycles. The van der Waals surface area contributed by atoms with Gasteiger partial charge in [0.25, 0.3) is 0 Å². The summed E-state index contributed by atoms with van der Waals surface area (Å²) in [5.41, 5.74) is 1.53. The molecule has 2 rings (SSSR count). The van der Waals surface area contributed by atoms with Gasteiger partial charge >= 0.3 is 0 Å². The normalized spacial score (nSPS) is 23.1. The number of hydrogen-bond acceptors (Lipinski definition) is 3. The van der Waals surface area contributed by atoms with Crippen molar-refractivity contribution in [1.29, 1.82) is 0 Å². The van der Waals surface area contributed by atoms with Crippen LogP contribution in [0.3, 0.4) is 0 Å². The lowest BCUT2D eigenvalue weighted by Crippen LogP contribution is -2.29. The van der Waals surface area contributed by atoms with Gasteiger partial charge in [-0.15, -0.1) is 0 Å². The van der Waals surface area contributed by atoms with E-state index in [4.69, 9.17) is 0 Å². The highest BCUT2D eigenvalue weighted by Gasteiger charge is 2.25. The van der Waals surface area contributed by atoms with Gasteiger partial charge < -0.3 is 15.3 Å². The molecule has 0 radical (unpaired) electrons. The van der Waals surface area contributed by atoms with Gasteiger partial charge in [0.1, 0.15) is 5.82 Å². The van der Waals surface area contributed by atoms with Crippen LogP contribution >= 0.6 is 0 Å². The van der Waals surface area contributed by atoms with Crippen molar-refractivity contribution in [3.05, 3.63) is 29.6 Å². The number of nitrogens with zero attached hydrogens (tertiary/aromatic N) is 1. The van der Waals surface area contributed by atoms with Crippen molar-refractivity contribution in [3.63, 3.8) is 0 Å². The molecule has 1 unspecified atom stereocenters. The van der Waals surface area contributed by atoms with Crippen LogP contribution in [0, 0.1) is 5.82 Å². The number of benzene rings is 1. The van der Waals surface area contributed by atoms with Crippen molar-refractivity contribution in [2.75, 3.05) is 24.5 Å². The fourth-order valence-corrected chi connectivity index (χ4v) is 2.91. The lowest BCUT2D eigenvalue weighted by molar-refractivity contribution is 0.0481.